The molecule has 0 saturated carbocycles. The number of hydrogen-bond acceptors (Lipinski definition) is 5. The lowest BCUT2D eigenvalue weighted by atomic mass is 10.1. The lowest BCUT2D eigenvalue weighted by molar-refractivity contribution is 0.0624. The minimum Gasteiger partial charge on any atom is -0.494 e. The highest BCUT2D eigenvalue weighted by Crippen LogP contribution is 2.17. The van der Waals surface area contributed by atoms with E-state index >= 15 is 0 Å². The molecular formula is C23H24N2O4. The Morgan fingerprint density at radius 1 is 1.03 bits per heavy atom. The number of fused-ring (bicyclic) bond motifs is 1. The van der Waals surface area contributed by atoms with Crippen molar-refractivity contribution in [1.29, 1.82) is 0 Å². The highest BCUT2D eigenvalue weighted by Gasteiger charge is 2.25. The van der Waals surface area contributed by atoms with E-state index in [0.29, 0.717) is 25.3 Å². The molecule has 29 heavy (non-hydrogen) atoms. The first-order chi connectivity index (χ1) is 14.1. The molecule has 3 aromatic rings. The molecule has 6 heteroatoms. The first-order valence-electron chi connectivity index (χ1n) is 9.90. The first kappa shape index (κ1) is 19.2. The number of carbonyl (C=O) groups is 1. The number of nitrogens with zero attached hydrogens (tertiary/aromatic N) is 2. The Hall–Kier alpha value is -3.12. The molecule has 0 atom stereocenters. The maximum absolute atomic E-state index is 12.9. The fourth-order valence-corrected chi connectivity index (χ4v) is 3.61. The highest BCUT2D eigenvalue weighted by molar-refractivity contribution is 5.96. The molecule has 2 heterocycles. The topological polar surface area (TPSA) is 63.0 Å². The van der Waals surface area contributed by atoms with Crippen LogP contribution in [0.15, 0.2) is 63.8 Å². The zero-order valence-electron chi connectivity index (χ0n) is 16.5. The Bertz CT molecular complexity index is 1050. The molecule has 0 radical (unpaired) electrons. The van der Waals surface area contributed by atoms with Gasteiger partial charge in [-0.05, 0) is 36.8 Å². The minimum absolute atomic E-state index is 0.101. The van der Waals surface area contributed by atoms with E-state index in [-0.39, 0.29) is 11.5 Å². The summed E-state index contributed by atoms with van der Waals surface area (Å²) in [5, 5.41) is 0.754. The number of ether oxygens (including phenoxy) is 1. The molecule has 1 aliphatic heterocycles. The van der Waals surface area contributed by atoms with E-state index in [1.54, 1.807) is 23.1 Å². The quantitative estimate of drug-likeness (QED) is 0.624. The Morgan fingerprint density at radius 3 is 2.48 bits per heavy atom. The monoisotopic (exact) mass is 392 g/mol. The summed E-state index contributed by atoms with van der Waals surface area (Å²) in [5.74, 6) is 0.617. The van der Waals surface area contributed by atoms with Crippen molar-refractivity contribution in [3.63, 3.8) is 0 Å². The molecule has 150 valence electrons. The third kappa shape index (κ3) is 4.32. The Balaban J connectivity index is 1.38. The van der Waals surface area contributed by atoms with Crippen molar-refractivity contribution in [2.45, 2.75) is 13.5 Å². The molecule has 2 aromatic carbocycles. The summed E-state index contributed by atoms with van der Waals surface area (Å²) in [6.07, 6.45) is 0. The number of benzene rings is 2. The van der Waals surface area contributed by atoms with Crippen molar-refractivity contribution in [2.24, 2.45) is 0 Å². The second-order valence-corrected chi connectivity index (χ2v) is 7.13. The Kier molecular flexibility index (Phi) is 5.62. The fraction of sp³-hybridized carbons (Fsp3) is 0.304. The van der Waals surface area contributed by atoms with E-state index < -0.39 is 5.63 Å². The fourth-order valence-electron chi connectivity index (χ4n) is 3.61. The first-order valence-corrected chi connectivity index (χ1v) is 9.90. The summed E-state index contributed by atoms with van der Waals surface area (Å²) < 4.78 is 10.8. The summed E-state index contributed by atoms with van der Waals surface area (Å²) in [7, 11) is 0. The van der Waals surface area contributed by atoms with Gasteiger partial charge in [-0.3, -0.25) is 9.69 Å². The molecule has 0 bridgehead atoms. The van der Waals surface area contributed by atoms with E-state index in [0.717, 1.165) is 30.8 Å². The Labute approximate surface area is 169 Å². The van der Waals surface area contributed by atoms with Gasteiger partial charge < -0.3 is 14.1 Å². The number of hydrogen-bond donors (Lipinski definition) is 0. The number of rotatable bonds is 5. The lowest BCUT2D eigenvalue weighted by Gasteiger charge is -2.34. The van der Waals surface area contributed by atoms with Crippen LogP contribution >= 0.6 is 0 Å². The van der Waals surface area contributed by atoms with Gasteiger partial charge in [0.25, 0.3) is 5.91 Å². The number of para-hydroxylation sites is 1. The number of piperazine rings is 1. The van der Waals surface area contributed by atoms with Crippen LogP contribution in [0.2, 0.25) is 0 Å². The van der Waals surface area contributed by atoms with Crippen LogP contribution in [0.3, 0.4) is 0 Å². The zero-order chi connectivity index (χ0) is 20.2. The maximum Gasteiger partial charge on any atom is 0.349 e. The largest absolute Gasteiger partial charge is 0.494 e. The SMILES string of the molecule is CCOc1ccc(CN2CCN(C(=O)c3cc4ccccc4oc3=O)CC2)cc1. The molecule has 0 unspecified atom stereocenters. The third-order valence-electron chi connectivity index (χ3n) is 5.17. The van der Waals surface area contributed by atoms with Gasteiger partial charge in [0.2, 0.25) is 0 Å². The highest BCUT2D eigenvalue weighted by atomic mass is 16.5. The molecule has 6 nitrogen and oxygen atoms in total. The van der Waals surface area contributed by atoms with Crippen molar-refractivity contribution in [3.8, 4) is 5.75 Å². The molecule has 1 aromatic heterocycles. The average Bonchev–Trinajstić information content (AvgIpc) is 2.75. The standard InChI is InChI=1S/C23H24N2O4/c1-2-28-19-9-7-17(8-10-19)16-24-11-13-25(14-12-24)22(26)20-15-18-5-3-4-6-21(18)29-23(20)27/h3-10,15H,2,11-14,16H2,1H3. The molecule has 0 N–H and O–H groups in total. The molecular weight excluding hydrogens is 368 g/mol. The van der Waals surface area contributed by atoms with Crippen molar-refractivity contribution in [1.82, 2.24) is 9.80 Å². The predicted octanol–water partition coefficient (Wildman–Crippen LogP) is 3.15. The van der Waals surface area contributed by atoms with Crippen LogP contribution in [0.5, 0.6) is 5.75 Å². The Morgan fingerprint density at radius 2 is 1.76 bits per heavy atom. The molecule has 1 amide bonds. The molecule has 1 aliphatic rings. The minimum atomic E-state index is -0.578. The van der Waals surface area contributed by atoms with Crippen LogP contribution in [0.4, 0.5) is 0 Å². The van der Waals surface area contributed by atoms with Gasteiger partial charge in [-0.25, -0.2) is 4.79 Å². The second-order valence-electron chi connectivity index (χ2n) is 7.13. The van der Waals surface area contributed by atoms with Crippen molar-refractivity contribution < 1.29 is 13.9 Å². The summed E-state index contributed by atoms with van der Waals surface area (Å²) >= 11 is 0. The number of amides is 1. The third-order valence-corrected chi connectivity index (χ3v) is 5.17. The maximum atomic E-state index is 12.9. The predicted molar refractivity (Wildman–Crippen MR) is 111 cm³/mol. The molecule has 0 aliphatic carbocycles. The van der Waals surface area contributed by atoms with Crippen molar-refractivity contribution in [3.05, 3.63) is 76.1 Å². The van der Waals surface area contributed by atoms with E-state index in [9.17, 15) is 9.59 Å². The van der Waals surface area contributed by atoms with Crippen LogP contribution in [0.1, 0.15) is 22.8 Å². The van der Waals surface area contributed by atoms with Gasteiger partial charge in [0.05, 0.1) is 6.61 Å². The smallest absolute Gasteiger partial charge is 0.349 e. The summed E-state index contributed by atoms with van der Waals surface area (Å²) in [5.41, 5.74) is 1.23. The van der Waals surface area contributed by atoms with Crippen molar-refractivity contribution in [2.75, 3.05) is 32.8 Å². The molecule has 1 fully saturated rings. The van der Waals surface area contributed by atoms with Gasteiger partial charge in [0, 0.05) is 38.1 Å². The van der Waals surface area contributed by atoms with E-state index in [1.165, 1.54) is 5.56 Å². The zero-order valence-corrected chi connectivity index (χ0v) is 16.5. The summed E-state index contributed by atoms with van der Waals surface area (Å²) in [4.78, 5) is 29.2. The lowest BCUT2D eigenvalue weighted by Crippen LogP contribution is -2.49. The van der Waals surface area contributed by atoms with Crippen LogP contribution in [0.25, 0.3) is 11.0 Å². The van der Waals surface area contributed by atoms with Crippen LogP contribution < -0.4 is 10.4 Å². The van der Waals surface area contributed by atoms with E-state index in [2.05, 4.69) is 17.0 Å². The normalized spacial score (nSPS) is 14.9. The van der Waals surface area contributed by atoms with Gasteiger partial charge in [0.1, 0.15) is 16.9 Å². The van der Waals surface area contributed by atoms with Crippen molar-refractivity contribution >= 4 is 16.9 Å². The van der Waals surface area contributed by atoms with Gasteiger partial charge in [0.15, 0.2) is 0 Å². The second kappa shape index (κ2) is 8.49. The van der Waals surface area contributed by atoms with Crippen LogP contribution in [-0.2, 0) is 6.54 Å². The summed E-state index contributed by atoms with van der Waals surface area (Å²) in [6, 6.07) is 17.0. The van der Waals surface area contributed by atoms with Gasteiger partial charge >= 0.3 is 5.63 Å². The van der Waals surface area contributed by atoms with Gasteiger partial charge in [-0.1, -0.05) is 30.3 Å². The molecule has 1 saturated heterocycles. The molecule has 4 rings (SSSR count). The van der Waals surface area contributed by atoms with Gasteiger partial charge in [-0.15, -0.1) is 0 Å². The summed E-state index contributed by atoms with van der Waals surface area (Å²) in [6.45, 7) is 6.15. The van der Waals surface area contributed by atoms with E-state index in [4.69, 9.17) is 9.15 Å². The van der Waals surface area contributed by atoms with E-state index in [1.807, 2.05) is 31.2 Å². The van der Waals surface area contributed by atoms with Crippen LogP contribution in [-0.4, -0.2) is 48.5 Å². The number of carbonyl (C=O) groups excluding carboxylic acids is 1. The average molecular weight is 392 g/mol. The van der Waals surface area contributed by atoms with Crippen LogP contribution in [0, 0.1) is 0 Å². The molecule has 0 spiro atoms. The van der Waals surface area contributed by atoms with Gasteiger partial charge in [-0.2, -0.15) is 0 Å².